The number of H-pyrrole nitrogens is 1. The van der Waals surface area contributed by atoms with Crippen molar-refractivity contribution in [1.29, 1.82) is 5.26 Å². The topological polar surface area (TPSA) is 167 Å². The van der Waals surface area contributed by atoms with Crippen molar-refractivity contribution in [2.45, 2.75) is 0 Å². The SMILES string of the molecule is COc1cc([N+](=O)[O-])cc(C=NNc2nc(-c3ccccc3)c(C#N)c(=O)[nH]2)c1O. The fraction of sp³-hybridized carbons (Fsp3) is 0.0526. The number of ether oxygens (including phenoxy) is 1. The molecule has 0 fully saturated rings. The molecule has 11 nitrogen and oxygen atoms in total. The molecule has 0 saturated heterocycles. The maximum absolute atomic E-state index is 12.2. The first kappa shape index (κ1) is 20.0. The Morgan fingerprint density at radius 1 is 1.37 bits per heavy atom. The number of hydrazone groups is 1. The molecule has 2 aromatic carbocycles. The number of hydrogen-bond acceptors (Lipinski definition) is 9. The molecule has 3 N–H and O–H groups in total. The number of anilines is 1. The van der Waals surface area contributed by atoms with E-state index in [1.54, 1.807) is 30.3 Å². The van der Waals surface area contributed by atoms with Crippen molar-refractivity contribution in [3.8, 4) is 28.8 Å². The molecular weight excluding hydrogens is 392 g/mol. The molecule has 0 saturated carbocycles. The largest absolute Gasteiger partial charge is 0.504 e. The lowest BCUT2D eigenvalue weighted by Gasteiger charge is -2.07. The van der Waals surface area contributed by atoms with Crippen LogP contribution < -0.4 is 15.7 Å². The fourth-order valence-corrected chi connectivity index (χ4v) is 2.57. The molecule has 3 aromatic rings. The van der Waals surface area contributed by atoms with Gasteiger partial charge in [0.25, 0.3) is 11.2 Å². The summed E-state index contributed by atoms with van der Waals surface area (Å²) in [7, 11) is 1.26. The third-order valence-corrected chi connectivity index (χ3v) is 3.97. The van der Waals surface area contributed by atoms with E-state index in [1.807, 2.05) is 6.07 Å². The van der Waals surface area contributed by atoms with Gasteiger partial charge >= 0.3 is 0 Å². The Hall–Kier alpha value is -4.72. The number of hydrogen-bond donors (Lipinski definition) is 3. The number of aromatic hydroxyl groups is 1. The molecule has 1 aromatic heterocycles. The molecular formula is C19H14N6O5. The van der Waals surface area contributed by atoms with Gasteiger partial charge in [-0.1, -0.05) is 30.3 Å². The summed E-state index contributed by atoms with van der Waals surface area (Å²) >= 11 is 0. The molecule has 0 amide bonds. The quantitative estimate of drug-likeness (QED) is 0.319. The van der Waals surface area contributed by atoms with Crippen LogP contribution in [0, 0.1) is 21.4 Å². The van der Waals surface area contributed by atoms with Crippen LogP contribution in [0.2, 0.25) is 0 Å². The summed E-state index contributed by atoms with van der Waals surface area (Å²) < 4.78 is 4.92. The number of benzene rings is 2. The first-order chi connectivity index (χ1) is 14.4. The van der Waals surface area contributed by atoms with E-state index < -0.39 is 10.5 Å². The predicted molar refractivity (Wildman–Crippen MR) is 108 cm³/mol. The zero-order chi connectivity index (χ0) is 21.7. The second kappa shape index (κ2) is 8.53. The number of nitrogens with zero attached hydrogens (tertiary/aromatic N) is 4. The van der Waals surface area contributed by atoms with Gasteiger partial charge in [-0.3, -0.25) is 19.9 Å². The highest BCUT2D eigenvalue weighted by atomic mass is 16.6. The van der Waals surface area contributed by atoms with Crippen molar-refractivity contribution in [1.82, 2.24) is 9.97 Å². The number of aromatic nitrogens is 2. The lowest BCUT2D eigenvalue weighted by molar-refractivity contribution is -0.385. The molecule has 0 aliphatic carbocycles. The number of nitriles is 1. The zero-order valence-electron chi connectivity index (χ0n) is 15.5. The minimum Gasteiger partial charge on any atom is -0.504 e. The smallest absolute Gasteiger partial charge is 0.274 e. The van der Waals surface area contributed by atoms with Gasteiger partial charge in [0.1, 0.15) is 11.6 Å². The number of non-ortho nitro benzene ring substituents is 1. The summed E-state index contributed by atoms with van der Waals surface area (Å²) in [5.41, 5.74) is 2.09. The minimum absolute atomic E-state index is 0.00725. The van der Waals surface area contributed by atoms with Crippen molar-refractivity contribution in [3.63, 3.8) is 0 Å². The van der Waals surface area contributed by atoms with Crippen LogP contribution in [0.25, 0.3) is 11.3 Å². The van der Waals surface area contributed by atoms with Crippen LogP contribution in [-0.4, -0.2) is 33.3 Å². The molecule has 11 heteroatoms. The summed E-state index contributed by atoms with van der Waals surface area (Å²) in [5.74, 6) is -0.507. The number of nitro benzene ring substituents is 1. The third kappa shape index (κ3) is 4.07. The zero-order valence-corrected chi connectivity index (χ0v) is 15.5. The number of phenolic OH excluding ortho intramolecular Hbond substituents is 1. The Balaban J connectivity index is 1.95. The Morgan fingerprint density at radius 3 is 2.73 bits per heavy atom. The number of phenols is 1. The van der Waals surface area contributed by atoms with E-state index in [0.717, 1.165) is 18.3 Å². The van der Waals surface area contributed by atoms with E-state index in [0.29, 0.717) is 5.56 Å². The minimum atomic E-state index is -0.663. The number of methoxy groups -OCH3 is 1. The second-order valence-corrected chi connectivity index (χ2v) is 5.83. The lowest BCUT2D eigenvalue weighted by Crippen LogP contribution is -2.16. The normalized spacial score (nSPS) is 10.5. The second-order valence-electron chi connectivity index (χ2n) is 5.83. The highest BCUT2D eigenvalue weighted by Gasteiger charge is 2.16. The molecule has 3 rings (SSSR count). The third-order valence-electron chi connectivity index (χ3n) is 3.97. The number of nitro groups is 1. The molecule has 0 atom stereocenters. The Bertz CT molecular complexity index is 1230. The van der Waals surface area contributed by atoms with E-state index >= 15 is 0 Å². The van der Waals surface area contributed by atoms with E-state index in [1.165, 1.54) is 7.11 Å². The summed E-state index contributed by atoms with van der Waals surface area (Å²) in [6.07, 6.45) is 1.10. The van der Waals surface area contributed by atoms with Crippen molar-refractivity contribution in [2.24, 2.45) is 5.10 Å². The monoisotopic (exact) mass is 406 g/mol. The van der Waals surface area contributed by atoms with E-state index in [-0.39, 0.29) is 40.0 Å². The van der Waals surface area contributed by atoms with Crippen LogP contribution in [-0.2, 0) is 0 Å². The van der Waals surface area contributed by atoms with Crippen LogP contribution >= 0.6 is 0 Å². The average Bonchev–Trinajstić information content (AvgIpc) is 2.75. The van der Waals surface area contributed by atoms with Crippen LogP contribution in [0.5, 0.6) is 11.5 Å². The molecule has 0 radical (unpaired) electrons. The van der Waals surface area contributed by atoms with Gasteiger partial charge in [0, 0.05) is 17.2 Å². The number of aromatic amines is 1. The van der Waals surface area contributed by atoms with E-state index in [9.17, 15) is 25.3 Å². The molecule has 30 heavy (non-hydrogen) atoms. The summed E-state index contributed by atoms with van der Waals surface area (Å²) in [6, 6.07) is 12.7. The first-order valence-electron chi connectivity index (χ1n) is 8.39. The number of rotatable bonds is 6. The predicted octanol–water partition coefficient (Wildman–Crippen LogP) is 2.38. The Morgan fingerprint density at radius 2 is 2.10 bits per heavy atom. The molecule has 1 heterocycles. The molecule has 0 aliphatic rings. The standard InChI is InChI=1S/C19H14N6O5/c1-30-15-8-13(25(28)29)7-12(17(15)26)10-21-24-19-22-16(11-5-3-2-4-6-11)14(9-20)18(27)23-19/h2-8,10,26H,1H3,(H2,22,23,24,27). The van der Waals surface area contributed by atoms with Crippen LogP contribution in [0.3, 0.4) is 0 Å². The number of nitrogens with one attached hydrogen (secondary N) is 2. The lowest BCUT2D eigenvalue weighted by atomic mass is 10.1. The fourth-order valence-electron chi connectivity index (χ4n) is 2.57. The first-order valence-corrected chi connectivity index (χ1v) is 8.39. The van der Waals surface area contributed by atoms with Gasteiger partial charge in [0.15, 0.2) is 11.5 Å². The Labute approximate surface area is 169 Å². The Kier molecular flexibility index (Phi) is 5.69. The van der Waals surface area contributed by atoms with Gasteiger partial charge in [-0.05, 0) is 0 Å². The summed E-state index contributed by atoms with van der Waals surface area (Å²) in [4.78, 5) is 29.2. The van der Waals surface area contributed by atoms with Crippen LogP contribution in [0.15, 0.2) is 52.4 Å². The van der Waals surface area contributed by atoms with Gasteiger partial charge in [0.05, 0.1) is 30.0 Å². The van der Waals surface area contributed by atoms with E-state index in [2.05, 4.69) is 20.5 Å². The van der Waals surface area contributed by atoms with Crippen molar-refractivity contribution in [3.05, 3.63) is 74.1 Å². The van der Waals surface area contributed by atoms with Gasteiger partial charge in [-0.25, -0.2) is 10.4 Å². The maximum Gasteiger partial charge on any atom is 0.274 e. The highest BCUT2D eigenvalue weighted by molar-refractivity contribution is 5.86. The van der Waals surface area contributed by atoms with Gasteiger partial charge in [0.2, 0.25) is 5.95 Å². The van der Waals surface area contributed by atoms with Crippen molar-refractivity contribution < 1.29 is 14.8 Å². The average molecular weight is 406 g/mol. The van der Waals surface area contributed by atoms with Crippen molar-refractivity contribution >= 4 is 17.9 Å². The molecule has 0 spiro atoms. The molecule has 0 bridgehead atoms. The molecule has 0 unspecified atom stereocenters. The van der Waals surface area contributed by atoms with Gasteiger partial charge in [-0.2, -0.15) is 10.4 Å². The van der Waals surface area contributed by atoms with Crippen LogP contribution in [0.4, 0.5) is 11.6 Å². The van der Waals surface area contributed by atoms with Gasteiger partial charge < -0.3 is 9.84 Å². The van der Waals surface area contributed by atoms with E-state index in [4.69, 9.17) is 4.74 Å². The summed E-state index contributed by atoms with van der Waals surface area (Å²) in [5, 5.41) is 34.3. The van der Waals surface area contributed by atoms with Gasteiger partial charge in [-0.15, -0.1) is 0 Å². The molecule has 0 aliphatic heterocycles. The summed E-state index contributed by atoms with van der Waals surface area (Å²) in [6.45, 7) is 0. The van der Waals surface area contributed by atoms with Crippen LogP contribution in [0.1, 0.15) is 11.1 Å². The maximum atomic E-state index is 12.2. The molecule has 150 valence electrons. The van der Waals surface area contributed by atoms with Crippen molar-refractivity contribution in [2.75, 3.05) is 12.5 Å². The highest BCUT2D eigenvalue weighted by Crippen LogP contribution is 2.33.